The molecule has 1 atom stereocenters. The van der Waals surface area contributed by atoms with E-state index >= 15 is 0 Å². The standard InChI is InChI=1S/C9H17NO3/c1-2-13-8(9(11)12)7-10-5-3-4-6-10/h8H,2-7H2,1H3,(H,11,12). The smallest absolute Gasteiger partial charge is 0.334 e. The summed E-state index contributed by atoms with van der Waals surface area (Å²) < 4.78 is 5.12. The molecule has 76 valence electrons. The summed E-state index contributed by atoms with van der Waals surface area (Å²) in [6.45, 7) is 4.83. The van der Waals surface area contributed by atoms with Gasteiger partial charge in [0.25, 0.3) is 0 Å². The Balaban J connectivity index is 2.32. The average Bonchev–Trinajstić information content (AvgIpc) is 2.56. The van der Waals surface area contributed by atoms with Crippen molar-refractivity contribution in [3.05, 3.63) is 0 Å². The Bertz CT molecular complexity index is 166. The minimum atomic E-state index is -0.853. The predicted molar refractivity (Wildman–Crippen MR) is 48.7 cm³/mol. The van der Waals surface area contributed by atoms with Crippen LogP contribution in [0.15, 0.2) is 0 Å². The Morgan fingerprint density at radius 1 is 1.54 bits per heavy atom. The number of aliphatic carboxylic acids is 1. The summed E-state index contributed by atoms with van der Waals surface area (Å²) in [6.07, 6.45) is 1.71. The molecule has 0 aromatic rings. The lowest BCUT2D eigenvalue weighted by Gasteiger charge is -2.19. The van der Waals surface area contributed by atoms with Crippen LogP contribution >= 0.6 is 0 Å². The Labute approximate surface area is 78.5 Å². The second-order valence-electron chi connectivity index (χ2n) is 3.29. The first-order valence-electron chi connectivity index (χ1n) is 4.80. The molecule has 0 aliphatic carbocycles. The molecule has 4 heteroatoms. The van der Waals surface area contributed by atoms with Gasteiger partial charge in [-0.25, -0.2) is 4.79 Å². The Morgan fingerprint density at radius 3 is 2.62 bits per heavy atom. The van der Waals surface area contributed by atoms with Gasteiger partial charge < -0.3 is 14.7 Å². The van der Waals surface area contributed by atoms with Crippen molar-refractivity contribution in [1.29, 1.82) is 0 Å². The number of carbonyl (C=O) groups is 1. The molecule has 0 bridgehead atoms. The second-order valence-corrected chi connectivity index (χ2v) is 3.29. The van der Waals surface area contributed by atoms with Gasteiger partial charge in [-0.15, -0.1) is 0 Å². The first-order chi connectivity index (χ1) is 6.24. The van der Waals surface area contributed by atoms with Crippen molar-refractivity contribution >= 4 is 5.97 Å². The Morgan fingerprint density at radius 2 is 2.15 bits per heavy atom. The van der Waals surface area contributed by atoms with Crippen LogP contribution in [0, 0.1) is 0 Å². The lowest BCUT2D eigenvalue weighted by molar-refractivity contribution is -0.151. The second kappa shape index (κ2) is 5.19. The molecule has 4 nitrogen and oxygen atoms in total. The molecule has 1 N–H and O–H groups in total. The van der Waals surface area contributed by atoms with E-state index in [0.29, 0.717) is 13.2 Å². The Kier molecular flexibility index (Phi) is 4.18. The van der Waals surface area contributed by atoms with E-state index in [2.05, 4.69) is 4.90 Å². The number of ether oxygens (including phenoxy) is 1. The number of hydrogen-bond acceptors (Lipinski definition) is 3. The third kappa shape index (κ3) is 3.32. The van der Waals surface area contributed by atoms with Crippen LogP contribution < -0.4 is 0 Å². The molecule has 13 heavy (non-hydrogen) atoms. The van der Waals surface area contributed by atoms with Crippen LogP contribution in [0.2, 0.25) is 0 Å². The molecule has 0 spiro atoms. The summed E-state index contributed by atoms with van der Waals surface area (Å²) >= 11 is 0. The van der Waals surface area contributed by atoms with Crippen LogP contribution in [0.4, 0.5) is 0 Å². The third-order valence-corrected chi connectivity index (χ3v) is 2.27. The highest BCUT2D eigenvalue weighted by molar-refractivity contribution is 5.72. The van der Waals surface area contributed by atoms with Crippen molar-refractivity contribution in [3.8, 4) is 0 Å². The minimum absolute atomic E-state index is 0.463. The molecule has 1 aliphatic heterocycles. The van der Waals surface area contributed by atoms with Crippen LogP contribution in [-0.4, -0.2) is 48.3 Å². The van der Waals surface area contributed by atoms with Gasteiger partial charge >= 0.3 is 5.97 Å². The molecule has 0 aromatic carbocycles. The maximum atomic E-state index is 10.7. The van der Waals surface area contributed by atoms with Gasteiger partial charge in [-0.2, -0.15) is 0 Å². The van der Waals surface area contributed by atoms with E-state index in [-0.39, 0.29) is 0 Å². The molecular formula is C9H17NO3. The van der Waals surface area contributed by atoms with Gasteiger partial charge in [-0.05, 0) is 32.9 Å². The van der Waals surface area contributed by atoms with E-state index in [4.69, 9.17) is 9.84 Å². The van der Waals surface area contributed by atoms with Crippen molar-refractivity contribution in [3.63, 3.8) is 0 Å². The SMILES string of the molecule is CCOC(CN1CCCC1)C(=O)O. The van der Waals surface area contributed by atoms with Gasteiger partial charge in [-0.3, -0.25) is 0 Å². The van der Waals surface area contributed by atoms with Crippen LogP contribution in [0.3, 0.4) is 0 Å². The van der Waals surface area contributed by atoms with Gasteiger partial charge in [0.2, 0.25) is 0 Å². The molecule has 0 saturated carbocycles. The van der Waals surface area contributed by atoms with Crippen LogP contribution in [0.1, 0.15) is 19.8 Å². The number of likely N-dealkylation sites (tertiary alicyclic amines) is 1. The fourth-order valence-electron chi connectivity index (χ4n) is 1.60. The molecular weight excluding hydrogens is 170 g/mol. The van der Waals surface area contributed by atoms with E-state index in [9.17, 15) is 4.79 Å². The summed E-state index contributed by atoms with van der Waals surface area (Å²) in [5.74, 6) is -0.853. The molecule has 0 radical (unpaired) electrons. The van der Waals surface area contributed by atoms with Gasteiger partial charge in [0.05, 0.1) is 0 Å². The number of carboxylic acid groups (broad SMARTS) is 1. The molecule has 1 saturated heterocycles. The molecule has 1 unspecified atom stereocenters. The predicted octanol–water partition coefficient (Wildman–Crippen LogP) is 0.572. The van der Waals surface area contributed by atoms with E-state index in [1.807, 2.05) is 6.92 Å². The zero-order valence-electron chi connectivity index (χ0n) is 8.03. The van der Waals surface area contributed by atoms with Crippen molar-refractivity contribution < 1.29 is 14.6 Å². The minimum Gasteiger partial charge on any atom is -0.479 e. The maximum Gasteiger partial charge on any atom is 0.334 e. The van der Waals surface area contributed by atoms with Crippen LogP contribution in [0.25, 0.3) is 0 Å². The summed E-state index contributed by atoms with van der Waals surface area (Å²) in [7, 11) is 0. The number of hydrogen-bond donors (Lipinski definition) is 1. The van der Waals surface area contributed by atoms with E-state index in [1.54, 1.807) is 0 Å². The quantitative estimate of drug-likeness (QED) is 0.683. The van der Waals surface area contributed by atoms with Gasteiger partial charge in [0.1, 0.15) is 0 Å². The topological polar surface area (TPSA) is 49.8 Å². The van der Waals surface area contributed by atoms with E-state index in [1.165, 1.54) is 12.8 Å². The zero-order chi connectivity index (χ0) is 9.68. The van der Waals surface area contributed by atoms with E-state index < -0.39 is 12.1 Å². The first kappa shape index (κ1) is 10.5. The van der Waals surface area contributed by atoms with E-state index in [0.717, 1.165) is 13.1 Å². The summed E-state index contributed by atoms with van der Waals surface area (Å²) in [4.78, 5) is 12.9. The summed E-state index contributed by atoms with van der Waals surface area (Å²) in [6, 6.07) is 0. The number of nitrogens with zero attached hydrogens (tertiary/aromatic N) is 1. The monoisotopic (exact) mass is 187 g/mol. The molecule has 1 aliphatic rings. The maximum absolute atomic E-state index is 10.7. The highest BCUT2D eigenvalue weighted by Crippen LogP contribution is 2.08. The molecule has 0 aromatic heterocycles. The zero-order valence-corrected chi connectivity index (χ0v) is 8.03. The average molecular weight is 187 g/mol. The van der Waals surface area contributed by atoms with Crippen molar-refractivity contribution in [2.45, 2.75) is 25.9 Å². The lowest BCUT2D eigenvalue weighted by atomic mass is 10.3. The fraction of sp³-hybridized carbons (Fsp3) is 0.889. The van der Waals surface area contributed by atoms with Crippen molar-refractivity contribution in [2.24, 2.45) is 0 Å². The van der Waals surface area contributed by atoms with Crippen molar-refractivity contribution in [2.75, 3.05) is 26.2 Å². The summed E-state index contributed by atoms with van der Waals surface area (Å²) in [5.41, 5.74) is 0. The van der Waals surface area contributed by atoms with Gasteiger partial charge in [0, 0.05) is 13.2 Å². The van der Waals surface area contributed by atoms with Crippen LogP contribution in [-0.2, 0) is 9.53 Å². The molecule has 1 fully saturated rings. The molecule has 1 rings (SSSR count). The van der Waals surface area contributed by atoms with Gasteiger partial charge in [0.15, 0.2) is 6.10 Å². The number of rotatable bonds is 5. The normalized spacial score (nSPS) is 20.4. The Hall–Kier alpha value is -0.610. The number of carboxylic acids is 1. The van der Waals surface area contributed by atoms with Gasteiger partial charge in [-0.1, -0.05) is 0 Å². The molecule has 0 amide bonds. The summed E-state index contributed by atoms with van der Waals surface area (Å²) in [5, 5.41) is 8.81. The third-order valence-electron chi connectivity index (χ3n) is 2.27. The van der Waals surface area contributed by atoms with Crippen LogP contribution in [0.5, 0.6) is 0 Å². The highest BCUT2D eigenvalue weighted by atomic mass is 16.5. The molecule has 1 heterocycles. The fourth-order valence-corrected chi connectivity index (χ4v) is 1.60. The largest absolute Gasteiger partial charge is 0.479 e. The van der Waals surface area contributed by atoms with Crippen molar-refractivity contribution in [1.82, 2.24) is 4.90 Å². The first-order valence-corrected chi connectivity index (χ1v) is 4.80. The highest BCUT2D eigenvalue weighted by Gasteiger charge is 2.22. The lowest BCUT2D eigenvalue weighted by Crippen LogP contribution is -2.37.